The number of nitrogens with zero attached hydrogens (tertiary/aromatic N) is 4. The highest BCUT2D eigenvalue weighted by Crippen LogP contribution is 2.46. The number of phosphoric acid groups is 1. The molecule has 0 aromatic carbocycles. The van der Waals surface area contributed by atoms with Crippen molar-refractivity contribution in [3.05, 3.63) is 29.8 Å². The number of aliphatic hydroxyl groups excluding tert-OH is 2. The van der Waals surface area contributed by atoms with Gasteiger partial charge in [0.05, 0.1) is 30.1 Å². The SMILES string of the molecule is CCCCCCCCCCCCCCCCOCCCCOP(=O)(O)OC[C@H]1O[C@@](C#N)(c2ccc3c(C)ncnn23)[C@H](O)[C@@H]1O. The molecule has 5 atom stereocenters. The molecule has 1 fully saturated rings. The topological polar surface area (TPSA) is 169 Å². The molecule has 0 aliphatic carbocycles. The Morgan fingerprint density at radius 2 is 1.48 bits per heavy atom. The Labute approximate surface area is 274 Å². The lowest BCUT2D eigenvalue weighted by Crippen LogP contribution is -2.41. The van der Waals surface area contributed by atoms with Crippen molar-refractivity contribution >= 4 is 13.3 Å². The maximum Gasteiger partial charge on any atom is 0.472 e. The smallest absolute Gasteiger partial charge is 0.387 e. The zero-order valence-corrected chi connectivity index (χ0v) is 28.6. The molecule has 1 aliphatic heterocycles. The van der Waals surface area contributed by atoms with Crippen molar-refractivity contribution in [2.75, 3.05) is 26.4 Å². The van der Waals surface area contributed by atoms with Crippen molar-refractivity contribution in [3.63, 3.8) is 0 Å². The first-order valence-electron chi connectivity index (χ1n) is 17.2. The molecular weight excluding hydrogens is 611 g/mol. The Morgan fingerprint density at radius 1 is 0.913 bits per heavy atom. The van der Waals surface area contributed by atoms with Crippen LogP contribution < -0.4 is 0 Å². The highest BCUT2D eigenvalue weighted by atomic mass is 31.2. The maximum atomic E-state index is 12.4. The molecule has 0 amide bonds. The van der Waals surface area contributed by atoms with Crippen molar-refractivity contribution < 1.29 is 38.2 Å². The Kier molecular flexibility index (Phi) is 17.1. The van der Waals surface area contributed by atoms with E-state index in [1.54, 1.807) is 19.1 Å². The summed E-state index contributed by atoms with van der Waals surface area (Å²) in [5.74, 6) is 0. The number of phosphoric ester groups is 1. The van der Waals surface area contributed by atoms with Gasteiger partial charge in [-0.1, -0.05) is 90.4 Å². The highest BCUT2D eigenvalue weighted by molar-refractivity contribution is 7.47. The minimum absolute atomic E-state index is 0.00989. The quantitative estimate of drug-likeness (QED) is 0.0804. The van der Waals surface area contributed by atoms with Crippen LogP contribution in [0.4, 0.5) is 0 Å². The second-order valence-electron chi connectivity index (χ2n) is 12.3. The molecule has 0 bridgehead atoms. The second-order valence-corrected chi connectivity index (χ2v) is 13.8. The molecule has 2 aromatic rings. The number of hydrogen-bond donors (Lipinski definition) is 3. The van der Waals surface area contributed by atoms with E-state index in [-0.39, 0.29) is 12.3 Å². The maximum absolute atomic E-state index is 12.4. The first-order valence-corrected chi connectivity index (χ1v) is 18.7. The van der Waals surface area contributed by atoms with E-state index in [2.05, 4.69) is 17.0 Å². The Balaban J connectivity index is 1.21. The van der Waals surface area contributed by atoms with E-state index in [0.717, 1.165) is 6.42 Å². The van der Waals surface area contributed by atoms with Gasteiger partial charge in [-0.05, 0) is 38.3 Å². The van der Waals surface area contributed by atoms with Crippen molar-refractivity contribution in [1.82, 2.24) is 14.6 Å². The Bertz CT molecular complexity index is 1240. The van der Waals surface area contributed by atoms with Crippen LogP contribution in [0.3, 0.4) is 0 Å². The summed E-state index contributed by atoms with van der Waals surface area (Å²) in [4.78, 5) is 14.2. The molecule has 0 radical (unpaired) electrons. The molecule has 1 aliphatic rings. The number of hydrogen-bond acceptors (Lipinski definition) is 10. The minimum atomic E-state index is -4.46. The fourth-order valence-corrected chi connectivity index (χ4v) is 6.62. The molecule has 0 spiro atoms. The van der Waals surface area contributed by atoms with Gasteiger partial charge in [-0.2, -0.15) is 10.4 Å². The average molecular weight is 667 g/mol. The number of nitriles is 1. The Hall–Kier alpha value is -1.94. The summed E-state index contributed by atoms with van der Waals surface area (Å²) in [6.45, 7) is 4.71. The van der Waals surface area contributed by atoms with E-state index < -0.39 is 38.3 Å². The first kappa shape index (κ1) is 38.5. The van der Waals surface area contributed by atoms with Crippen LogP contribution in [-0.4, -0.2) is 74.4 Å². The number of aliphatic hydroxyl groups is 2. The molecule has 3 rings (SSSR count). The average Bonchev–Trinajstić information content (AvgIpc) is 3.59. The van der Waals surface area contributed by atoms with Gasteiger partial charge in [0.15, 0.2) is 0 Å². The normalized spacial score (nSPS) is 22.7. The van der Waals surface area contributed by atoms with Crippen molar-refractivity contribution in [2.24, 2.45) is 0 Å². The summed E-state index contributed by atoms with van der Waals surface area (Å²) in [6.07, 6.45) is 16.5. The van der Waals surface area contributed by atoms with E-state index in [4.69, 9.17) is 18.5 Å². The molecule has 13 heteroatoms. The van der Waals surface area contributed by atoms with Gasteiger partial charge in [-0.15, -0.1) is 0 Å². The zero-order valence-electron chi connectivity index (χ0n) is 27.7. The number of aromatic nitrogens is 3. The molecular formula is C33H55N4O8P. The molecule has 1 saturated heterocycles. The van der Waals surface area contributed by atoms with Gasteiger partial charge in [0.25, 0.3) is 0 Å². The van der Waals surface area contributed by atoms with Crippen LogP contribution in [0.25, 0.3) is 5.52 Å². The number of rotatable bonds is 25. The number of ether oxygens (including phenoxy) is 2. The van der Waals surface area contributed by atoms with E-state index in [0.29, 0.717) is 37.3 Å². The predicted molar refractivity (Wildman–Crippen MR) is 174 cm³/mol. The van der Waals surface area contributed by atoms with Crippen LogP contribution >= 0.6 is 7.82 Å². The Morgan fingerprint density at radius 3 is 2.09 bits per heavy atom. The second kappa shape index (κ2) is 20.4. The molecule has 3 heterocycles. The molecule has 1 unspecified atom stereocenters. The van der Waals surface area contributed by atoms with Gasteiger partial charge in [-0.25, -0.2) is 14.1 Å². The third kappa shape index (κ3) is 11.6. The van der Waals surface area contributed by atoms with E-state index >= 15 is 0 Å². The van der Waals surface area contributed by atoms with Crippen molar-refractivity contribution in [3.8, 4) is 6.07 Å². The van der Waals surface area contributed by atoms with E-state index in [9.17, 15) is 24.9 Å². The number of unbranched alkanes of at least 4 members (excludes halogenated alkanes) is 14. The largest absolute Gasteiger partial charge is 0.472 e. The molecule has 46 heavy (non-hydrogen) atoms. The summed E-state index contributed by atoms with van der Waals surface area (Å²) in [6, 6.07) is 5.18. The van der Waals surface area contributed by atoms with Crippen LogP contribution in [0.1, 0.15) is 121 Å². The van der Waals surface area contributed by atoms with E-state index in [1.807, 2.05) is 6.07 Å². The summed E-state index contributed by atoms with van der Waals surface area (Å²) < 4.78 is 35.4. The summed E-state index contributed by atoms with van der Waals surface area (Å²) in [7, 11) is -4.46. The summed E-state index contributed by atoms with van der Waals surface area (Å²) in [5, 5.41) is 35.6. The lowest BCUT2D eigenvalue weighted by atomic mass is 9.92. The van der Waals surface area contributed by atoms with Gasteiger partial charge >= 0.3 is 7.82 Å². The van der Waals surface area contributed by atoms with E-state index in [1.165, 1.54) is 94.3 Å². The fraction of sp³-hybridized carbons (Fsp3) is 0.788. The van der Waals surface area contributed by atoms with Crippen LogP contribution in [-0.2, 0) is 28.7 Å². The van der Waals surface area contributed by atoms with Gasteiger partial charge in [0, 0.05) is 13.2 Å². The lowest BCUT2D eigenvalue weighted by Gasteiger charge is -2.24. The number of aryl methyl sites for hydroxylation is 1. The fourth-order valence-electron chi connectivity index (χ4n) is 5.85. The molecule has 2 aromatic heterocycles. The minimum Gasteiger partial charge on any atom is -0.387 e. The third-order valence-corrected chi connectivity index (χ3v) is 9.62. The van der Waals surface area contributed by atoms with Gasteiger partial charge in [0.1, 0.15) is 30.7 Å². The first-order chi connectivity index (χ1) is 22.3. The third-order valence-electron chi connectivity index (χ3n) is 8.63. The number of fused-ring (bicyclic) bond motifs is 1. The highest BCUT2D eigenvalue weighted by Gasteiger charge is 2.57. The monoisotopic (exact) mass is 666 g/mol. The molecule has 0 saturated carbocycles. The standard InChI is InChI=1S/C33H55N4O8P/c1-3-4-5-6-7-8-9-10-11-12-13-14-15-16-21-42-22-17-18-23-43-46(40,41)44-24-29-31(38)32(39)33(25-34,45-29)30-20-19-28-27(2)35-26-36-37(28)30/h19-20,26,29,31-32,38-39H,3-18,21-24H2,1-2H3,(H,40,41)/t29-,31-,32-,33+/m1/s1. The molecule has 12 nitrogen and oxygen atoms in total. The van der Waals surface area contributed by atoms with Crippen LogP contribution in [0.15, 0.2) is 18.5 Å². The van der Waals surface area contributed by atoms with Gasteiger partial charge in [0.2, 0.25) is 5.60 Å². The zero-order chi connectivity index (χ0) is 33.3. The van der Waals surface area contributed by atoms with Crippen LogP contribution in [0.2, 0.25) is 0 Å². The van der Waals surface area contributed by atoms with Gasteiger partial charge < -0.3 is 24.6 Å². The van der Waals surface area contributed by atoms with Gasteiger partial charge in [-0.3, -0.25) is 9.05 Å². The van der Waals surface area contributed by atoms with Crippen LogP contribution in [0.5, 0.6) is 0 Å². The van der Waals surface area contributed by atoms with Crippen LogP contribution in [0, 0.1) is 18.3 Å². The lowest BCUT2D eigenvalue weighted by molar-refractivity contribution is -0.0643. The molecule has 3 N–H and O–H groups in total. The summed E-state index contributed by atoms with van der Waals surface area (Å²) in [5.41, 5.74) is -0.532. The molecule has 260 valence electrons. The van der Waals surface area contributed by atoms with Crippen molar-refractivity contribution in [2.45, 2.75) is 140 Å². The van der Waals surface area contributed by atoms with Crippen molar-refractivity contribution in [1.29, 1.82) is 5.26 Å². The summed E-state index contributed by atoms with van der Waals surface area (Å²) >= 11 is 0. The predicted octanol–water partition coefficient (Wildman–Crippen LogP) is 6.29.